The van der Waals surface area contributed by atoms with E-state index in [1.54, 1.807) is 12.4 Å². The first-order valence-corrected chi connectivity index (χ1v) is 12.2. The average Bonchev–Trinajstić information content (AvgIpc) is 3.44. The molecule has 9 heteroatoms. The van der Waals surface area contributed by atoms with Crippen molar-refractivity contribution in [1.29, 1.82) is 0 Å². The highest BCUT2D eigenvalue weighted by Gasteiger charge is 2.38. The minimum atomic E-state index is -3.35. The van der Waals surface area contributed by atoms with Gasteiger partial charge in [-0.1, -0.05) is 18.2 Å². The van der Waals surface area contributed by atoms with E-state index >= 15 is 0 Å². The lowest BCUT2D eigenvalue weighted by Gasteiger charge is -2.11. The lowest BCUT2D eigenvalue weighted by atomic mass is 10.1. The van der Waals surface area contributed by atoms with E-state index in [9.17, 15) is 13.2 Å². The molecule has 0 spiro atoms. The van der Waals surface area contributed by atoms with Gasteiger partial charge >= 0.3 is 0 Å². The quantitative estimate of drug-likeness (QED) is 0.607. The van der Waals surface area contributed by atoms with Crippen molar-refractivity contribution in [2.24, 2.45) is 0 Å². The van der Waals surface area contributed by atoms with E-state index in [-0.39, 0.29) is 17.1 Å². The summed E-state index contributed by atoms with van der Waals surface area (Å²) >= 11 is 1.33. The fourth-order valence-electron chi connectivity index (χ4n) is 3.62. The lowest BCUT2D eigenvalue weighted by molar-refractivity contribution is -0.117. The molecular weight excluding hydrogens is 420 g/mol. The smallest absolute Gasteiger partial charge is 0.237 e. The molecule has 1 amide bonds. The highest BCUT2D eigenvalue weighted by Crippen LogP contribution is 2.40. The Morgan fingerprint density at radius 2 is 1.87 bits per heavy atom. The fraction of sp³-hybridized carbons (Fsp3) is 0.286. The van der Waals surface area contributed by atoms with Crippen molar-refractivity contribution in [3.8, 4) is 11.1 Å². The molecule has 2 aromatic heterocycles. The molecular formula is C21H20N4O3S2. The fourth-order valence-corrected chi connectivity index (χ4v) is 6.24. The largest absolute Gasteiger partial charge is 0.326 e. The van der Waals surface area contributed by atoms with Gasteiger partial charge in [0.1, 0.15) is 0 Å². The van der Waals surface area contributed by atoms with Gasteiger partial charge in [-0.15, -0.1) is 11.3 Å². The number of nitrogens with zero attached hydrogens (tertiary/aromatic N) is 2. The van der Waals surface area contributed by atoms with Crippen molar-refractivity contribution < 1.29 is 13.2 Å². The van der Waals surface area contributed by atoms with Crippen molar-refractivity contribution in [1.82, 2.24) is 9.97 Å². The molecule has 1 aromatic carbocycles. The standard InChI is InChI=1S/C21H20N4O3S2/c26-20(23-15-5-3-13(4-6-15)14-2-1-11-22-12-14)17-9-10-18-19(17)24-21(29-18)25-30(27,28)16-7-8-16/h1-6,11-12,16-17H,7-10H2,(H,23,26)(H,24,25). The summed E-state index contributed by atoms with van der Waals surface area (Å²) in [5, 5.41) is 3.03. The molecule has 0 bridgehead atoms. The normalized spacial score (nSPS) is 18.1. The minimum absolute atomic E-state index is 0.121. The second-order valence-corrected chi connectivity index (χ2v) is 10.6. The number of amides is 1. The highest BCUT2D eigenvalue weighted by molar-refractivity contribution is 7.93. The number of nitrogens with one attached hydrogen (secondary N) is 2. The zero-order chi connectivity index (χ0) is 20.7. The number of hydrogen-bond acceptors (Lipinski definition) is 6. The SMILES string of the molecule is O=C(Nc1ccc(-c2cccnc2)cc1)C1CCc2sc(NS(=O)(=O)C3CC3)nc21. The van der Waals surface area contributed by atoms with E-state index in [1.807, 2.05) is 36.4 Å². The number of aromatic nitrogens is 2. The molecule has 2 aliphatic rings. The van der Waals surface area contributed by atoms with Gasteiger partial charge in [-0.3, -0.25) is 14.5 Å². The van der Waals surface area contributed by atoms with Gasteiger partial charge in [0.15, 0.2) is 5.13 Å². The number of hydrogen-bond donors (Lipinski definition) is 2. The zero-order valence-electron chi connectivity index (χ0n) is 16.0. The molecule has 0 saturated heterocycles. The summed E-state index contributed by atoms with van der Waals surface area (Å²) in [5.74, 6) is -0.488. The van der Waals surface area contributed by atoms with Gasteiger partial charge in [-0.05, 0) is 55.0 Å². The molecule has 5 rings (SSSR count). The number of pyridine rings is 1. The van der Waals surface area contributed by atoms with E-state index in [0.717, 1.165) is 22.4 Å². The van der Waals surface area contributed by atoms with Crippen molar-refractivity contribution in [2.75, 3.05) is 10.0 Å². The van der Waals surface area contributed by atoms with E-state index in [4.69, 9.17) is 0 Å². The van der Waals surface area contributed by atoms with Gasteiger partial charge in [0, 0.05) is 23.0 Å². The summed E-state index contributed by atoms with van der Waals surface area (Å²) in [7, 11) is -3.35. The molecule has 0 radical (unpaired) electrons. The number of aryl methyl sites for hydroxylation is 1. The van der Waals surface area contributed by atoms with Crippen LogP contribution in [0.1, 0.15) is 35.8 Å². The van der Waals surface area contributed by atoms with Gasteiger partial charge in [0.05, 0.1) is 16.9 Å². The predicted octanol–water partition coefficient (Wildman–Crippen LogP) is 3.78. The number of sulfonamides is 1. The van der Waals surface area contributed by atoms with Crippen LogP contribution in [-0.2, 0) is 21.2 Å². The Hall–Kier alpha value is -2.78. The van der Waals surface area contributed by atoms with Crippen LogP contribution in [0, 0.1) is 0 Å². The van der Waals surface area contributed by atoms with E-state index in [2.05, 4.69) is 20.0 Å². The van der Waals surface area contributed by atoms with Crippen LogP contribution in [0.5, 0.6) is 0 Å². The highest BCUT2D eigenvalue weighted by atomic mass is 32.2. The number of benzene rings is 1. The third kappa shape index (κ3) is 3.82. The number of thiazole rings is 1. The van der Waals surface area contributed by atoms with Crippen LogP contribution < -0.4 is 10.0 Å². The van der Waals surface area contributed by atoms with E-state index < -0.39 is 10.0 Å². The second-order valence-electron chi connectivity index (χ2n) is 7.57. The maximum Gasteiger partial charge on any atom is 0.237 e. The van der Waals surface area contributed by atoms with Gasteiger partial charge in [-0.25, -0.2) is 13.4 Å². The molecule has 1 saturated carbocycles. The van der Waals surface area contributed by atoms with Crippen LogP contribution in [0.3, 0.4) is 0 Å². The van der Waals surface area contributed by atoms with Gasteiger partial charge in [0.25, 0.3) is 0 Å². The third-order valence-corrected chi connectivity index (χ3v) is 8.38. The third-order valence-electron chi connectivity index (χ3n) is 5.37. The topological polar surface area (TPSA) is 101 Å². The van der Waals surface area contributed by atoms with Crippen molar-refractivity contribution in [2.45, 2.75) is 36.9 Å². The lowest BCUT2D eigenvalue weighted by Crippen LogP contribution is -2.20. The van der Waals surface area contributed by atoms with Crippen LogP contribution in [0.15, 0.2) is 48.8 Å². The number of fused-ring (bicyclic) bond motifs is 1. The molecule has 7 nitrogen and oxygen atoms in total. The Morgan fingerprint density at radius 1 is 1.07 bits per heavy atom. The Balaban J connectivity index is 1.28. The first-order chi connectivity index (χ1) is 14.5. The predicted molar refractivity (Wildman–Crippen MR) is 117 cm³/mol. The molecule has 3 aromatic rings. The zero-order valence-corrected chi connectivity index (χ0v) is 17.7. The minimum Gasteiger partial charge on any atom is -0.326 e. The monoisotopic (exact) mass is 440 g/mol. The Labute approximate surface area is 178 Å². The van der Waals surface area contributed by atoms with Gasteiger partial charge in [-0.2, -0.15) is 0 Å². The van der Waals surface area contributed by atoms with Gasteiger partial charge in [0.2, 0.25) is 15.9 Å². The summed E-state index contributed by atoms with van der Waals surface area (Å²) in [4.78, 5) is 22.4. The Morgan fingerprint density at radius 3 is 2.57 bits per heavy atom. The van der Waals surface area contributed by atoms with Crippen LogP contribution in [0.2, 0.25) is 0 Å². The molecule has 1 fully saturated rings. The molecule has 2 heterocycles. The van der Waals surface area contributed by atoms with Crippen LogP contribution in [0.4, 0.5) is 10.8 Å². The number of anilines is 2. The molecule has 2 N–H and O–H groups in total. The Bertz CT molecular complexity index is 1190. The van der Waals surface area contributed by atoms with Crippen LogP contribution >= 0.6 is 11.3 Å². The first-order valence-electron chi connectivity index (χ1n) is 9.82. The van der Waals surface area contributed by atoms with Crippen LogP contribution in [-0.4, -0.2) is 29.5 Å². The molecule has 0 aliphatic heterocycles. The molecule has 30 heavy (non-hydrogen) atoms. The maximum absolute atomic E-state index is 12.8. The molecule has 1 unspecified atom stereocenters. The molecule has 154 valence electrons. The summed E-state index contributed by atoms with van der Waals surface area (Å²) in [5.41, 5.74) is 3.44. The number of carbonyl (C=O) groups is 1. The summed E-state index contributed by atoms with van der Waals surface area (Å²) in [6.07, 6.45) is 6.34. The average molecular weight is 441 g/mol. The summed E-state index contributed by atoms with van der Waals surface area (Å²) in [6, 6.07) is 11.5. The van der Waals surface area contributed by atoms with Crippen molar-refractivity contribution in [3.05, 3.63) is 59.4 Å². The van der Waals surface area contributed by atoms with Gasteiger partial charge < -0.3 is 5.32 Å². The summed E-state index contributed by atoms with van der Waals surface area (Å²) in [6.45, 7) is 0. The second kappa shape index (κ2) is 7.48. The Kier molecular flexibility index (Phi) is 4.79. The summed E-state index contributed by atoms with van der Waals surface area (Å²) < 4.78 is 26.9. The van der Waals surface area contributed by atoms with E-state index in [0.29, 0.717) is 35.8 Å². The van der Waals surface area contributed by atoms with Crippen molar-refractivity contribution in [3.63, 3.8) is 0 Å². The molecule has 2 aliphatic carbocycles. The van der Waals surface area contributed by atoms with Crippen molar-refractivity contribution >= 4 is 38.1 Å². The number of carbonyl (C=O) groups excluding carboxylic acids is 1. The van der Waals surface area contributed by atoms with Crippen LogP contribution in [0.25, 0.3) is 11.1 Å². The molecule has 1 atom stereocenters. The first kappa shape index (κ1) is 19.2. The van der Waals surface area contributed by atoms with E-state index in [1.165, 1.54) is 11.3 Å². The maximum atomic E-state index is 12.8. The number of rotatable bonds is 6.